The quantitative estimate of drug-likeness (QED) is 0.905. The van der Waals surface area contributed by atoms with Gasteiger partial charge in [0.25, 0.3) is 0 Å². The molecule has 0 bridgehead atoms. The molecule has 2 heterocycles. The molecule has 2 saturated heterocycles. The number of benzene rings is 1. The molecule has 0 amide bonds. The molecule has 1 aromatic carbocycles. The number of rotatable bonds is 3. The third-order valence-corrected chi connectivity index (χ3v) is 6.16. The maximum absolute atomic E-state index is 12.7. The monoisotopic (exact) mass is 350 g/mol. The highest BCUT2D eigenvalue weighted by Gasteiger charge is 2.38. The second kappa shape index (κ2) is 5.95. The zero-order valence-corrected chi connectivity index (χ0v) is 13.0. The lowest BCUT2D eigenvalue weighted by Crippen LogP contribution is -2.46. The molecule has 5 nitrogen and oxygen atoms in total. The maximum Gasteiger partial charge on any atom is 0.573 e. The van der Waals surface area contributed by atoms with Crippen LogP contribution < -0.4 is 10.1 Å². The van der Waals surface area contributed by atoms with E-state index < -0.39 is 22.1 Å². The van der Waals surface area contributed by atoms with Gasteiger partial charge in [0.1, 0.15) is 5.75 Å². The number of nitrogens with zero attached hydrogens (tertiary/aromatic N) is 1. The molecular formula is C14H17F3N2O3S. The Hall–Kier alpha value is -1.32. The van der Waals surface area contributed by atoms with Crippen LogP contribution in [0.15, 0.2) is 29.2 Å². The largest absolute Gasteiger partial charge is 0.573 e. The van der Waals surface area contributed by atoms with Crippen LogP contribution in [-0.4, -0.2) is 44.8 Å². The zero-order chi connectivity index (χ0) is 16.7. The number of ether oxygens (including phenoxy) is 1. The molecular weight excluding hydrogens is 333 g/mol. The highest BCUT2D eigenvalue weighted by Crippen LogP contribution is 2.30. The van der Waals surface area contributed by atoms with E-state index in [2.05, 4.69) is 10.1 Å². The van der Waals surface area contributed by atoms with Gasteiger partial charge in [-0.2, -0.15) is 4.31 Å². The number of fused-ring (bicyclic) bond motifs is 1. The Morgan fingerprint density at radius 2 is 2.04 bits per heavy atom. The molecule has 128 valence electrons. The highest BCUT2D eigenvalue weighted by molar-refractivity contribution is 7.89. The number of sulfonamides is 1. The van der Waals surface area contributed by atoms with Crippen molar-refractivity contribution in [3.63, 3.8) is 0 Å². The van der Waals surface area contributed by atoms with Gasteiger partial charge >= 0.3 is 6.36 Å². The number of piperidine rings is 1. The van der Waals surface area contributed by atoms with E-state index in [1.165, 1.54) is 16.4 Å². The van der Waals surface area contributed by atoms with Crippen LogP contribution in [-0.2, 0) is 10.0 Å². The molecule has 2 aliphatic rings. The van der Waals surface area contributed by atoms with E-state index in [1.807, 2.05) is 0 Å². The lowest BCUT2D eigenvalue weighted by molar-refractivity contribution is -0.274. The molecule has 1 aromatic rings. The minimum atomic E-state index is -4.85. The topological polar surface area (TPSA) is 58.6 Å². The fourth-order valence-electron chi connectivity index (χ4n) is 3.21. The van der Waals surface area contributed by atoms with E-state index in [4.69, 9.17) is 0 Å². The van der Waals surface area contributed by atoms with Crippen molar-refractivity contribution in [2.45, 2.75) is 30.1 Å². The number of hydrogen-bond acceptors (Lipinski definition) is 4. The lowest BCUT2D eigenvalue weighted by atomic mass is 9.95. The Kier molecular flexibility index (Phi) is 4.28. The number of halogens is 3. The van der Waals surface area contributed by atoms with Crippen molar-refractivity contribution < 1.29 is 26.3 Å². The van der Waals surface area contributed by atoms with Crippen LogP contribution in [0.2, 0.25) is 0 Å². The van der Waals surface area contributed by atoms with Crippen molar-refractivity contribution in [2.24, 2.45) is 5.92 Å². The first kappa shape index (κ1) is 16.5. The molecule has 2 aliphatic heterocycles. The Balaban J connectivity index is 1.81. The molecule has 1 N–H and O–H groups in total. The van der Waals surface area contributed by atoms with Crippen molar-refractivity contribution >= 4 is 10.0 Å². The van der Waals surface area contributed by atoms with Gasteiger partial charge in [0, 0.05) is 25.2 Å². The number of nitrogens with one attached hydrogen (secondary N) is 1. The first-order valence-electron chi connectivity index (χ1n) is 7.35. The van der Waals surface area contributed by atoms with Crippen LogP contribution in [0.1, 0.15) is 12.8 Å². The molecule has 9 heteroatoms. The summed E-state index contributed by atoms with van der Waals surface area (Å²) >= 11 is 0. The summed E-state index contributed by atoms with van der Waals surface area (Å²) in [6.45, 7) is 1.63. The van der Waals surface area contributed by atoms with Crippen LogP contribution >= 0.6 is 0 Å². The van der Waals surface area contributed by atoms with Gasteiger partial charge in [0.2, 0.25) is 10.0 Å². The minimum Gasteiger partial charge on any atom is -0.406 e. The Bertz CT molecular complexity index is 678. The number of hydrogen-bond donors (Lipinski definition) is 1. The van der Waals surface area contributed by atoms with Crippen molar-refractivity contribution in [3.8, 4) is 5.75 Å². The van der Waals surface area contributed by atoms with Crippen molar-refractivity contribution in [1.82, 2.24) is 9.62 Å². The fraction of sp³-hybridized carbons (Fsp3) is 0.571. The van der Waals surface area contributed by atoms with Gasteiger partial charge in [-0.3, -0.25) is 0 Å². The van der Waals surface area contributed by atoms with Gasteiger partial charge in [-0.1, -0.05) is 6.07 Å². The van der Waals surface area contributed by atoms with E-state index in [-0.39, 0.29) is 10.8 Å². The highest BCUT2D eigenvalue weighted by atomic mass is 32.2. The molecule has 0 radical (unpaired) electrons. The second-order valence-electron chi connectivity index (χ2n) is 5.78. The second-order valence-corrected chi connectivity index (χ2v) is 7.72. The molecule has 2 atom stereocenters. The SMILES string of the molecule is O=S(=O)(c1cccc(OC(F)(F)F)c1)N1CCC2NCCC2C1. The number of alkyl halides is 3. The minimum absolute atomic E-state index is 0.177. The van der Waals surface area contributed by atoms with Crippen molar-refractivity contribution in [2.75, 3.05) is 19.6 Å². The smallest absolute Gasteiger partial charge is 0.406 e. The van der Waals surface area contributed by atoms with E-state index >= 15 is 0 Å². The molecule has 0 aromatic heterocycles. The van der Waals surface area contributed by atoms with Crippen molar-refractivity contribution in [1.29, 1.82) is 0 Å². The van der Waals surface area contributed by atoms with Gasteiger partial charge in [-0.15, -0.1) is 13.2 Å². The molecule has 2 unspecified atom stereocenters. The third-order valence-electron chi connectivity index (χ3n) is 4.30. The standard InChI is InChI=1S/C14H17F3N2O3S/c15-14(16,17)22-11-2-1-3-12(8-11)23(20,21)19-7-5-13-10(9-19)4-6-18-13/h1-3,8,10,13,18H,4-7,9H2. The summed E-state index contributed by atoms with van der Waals surface area (Å²) in [6.07, 6.45) is -3.23. The summed E-state index contributed by atoms with van der Waals surface area (Å²) in [6, 6.07) is 4.87. The third kappa shape index (κ3) is 3.61. The molecule has 2 fully saturated rings. The van der Waals surface area contributed by atoms with Gasteiger partial charge in [-0.05, 0) is 37.4 Å². The van der Waals surface area contributed by atoms with Crippen LogP contribution in [0.3, 0.4) is 0 Å². The Morgan fingerprint density at radius 1 is 1.26 bits per heavy atom. The summed E-state index contributed by atoms with van der Waals surface area (Å²) in [5, 5.41) is 3.34. The van der Waals surface area contributed by atoms with Gasteiger partial charge in [-0.25, -0.2) is 8.42 Å². The predicted molar refractivity (Wildman–Crippen MR) is 76.4 cm³/mol. The lowest BCUT2D eigenvalue weighted by Gasteiger charge is -2.34. The van der Waals surface area contributed by atoms with Gasteiger partial charge < -0.3 is 10.1 Å². The predicted octanol–water partition coefficient (Wildman–Crippen LogP) is 1.96. The van der Waals surface area contributed by atoms with Crippen LogP contribution in [0.4, 0.5) is 13.2 Å². The fourth-order valence-corrected chi connectivity index (χ4v) is 4.76. The van der Waals surface area contributed by atoms with Crippen molar-refractivity contribution in [3.05, 3.63) is 24.3 Å². The molecule has 0 spiro atoms. The van der Waals surface area contributed by atoms with E-state index in [1.54, 1.807) is 0 Å². The summed E-state index contributed by atoms with van der Waals surface area (Å²) in [4.78, 5) is -0.177. The molecule has 0 saturated carbocycles. The van der Waals surface area contributed by atoms with Crippen LogP contribution in [0.5, 0.6) is 5.75 Å². The average molecular weight is 350 g/mol. The van der Waals surface area contributed by atoms with E-state index in [9.17, 15) is 21.6 Å². The summed E-state index contributed by atoms with van der Waals surface area (Å²) in [7, 11) is -3.82. The molecule has 0 aliphatic carbocycles. The van der Waals surface area contributed by atoms with E-state index in [0.717, 1.165) is 25.1 Å². The zero-order valence-electron chi connectivity index (χ0n) is 12.2. The van der Waals surface area contributed by atoms with E-state index in [0.29, 0.717) is 25.6 Å². The maximum atomic E-state index is 12.7. The summed E-state index contributed by atoms with van der Waals surface area (Å²) in [5.41, 5.74) is 0. The van der Waals surface area contributed by atoms with Crippen LogP contribution in [0.25, 0.3) is 0 Å². The summed E-state index contributed by atoms with van der Waals surface area (Å²) in [5.74, 6) is -0.274. The normalized spacial score (nSPS) is 26.0. The van der Waals surface area contributed by atoms with Gasteiger partial charge in [0.15, 0.2) is 0 Å². The molecule has 3 rings (SSSR count). The molecule has 23 heavy (non-hydrogen) atoms. The Labute approximate surface area is 132 Å². The first-order valence-corrected chi connectivity index (χ1v) is 8.79. The van der Waals surface area contributed by atoms with Crippen LogP contribution in [0, 0.1) is 5.92 Å². The average Bonchev–Trinajstić information content (AvgIpc) is 2.93. The van der Waals surface area contributed by atoms with Gasteiger partial charge in [0.05, 0.1) is 4.90 Å². The Morgan fingerprint density at radius 3 is 2.78 bits per heavy atom. The summed E-state index contributed by atoms with van der Waals surface area (Å²) < 4.78 is 67.3. The first-order chi connectivity index (χ1) is 10.8.